The number of thiophene rings is 1. The van der Waals surface area contributed by atoms with Crippen LogP contribution >= 0.6 is 22.9 Å². The third-order valence-corrected chi connectivity index (χ3v) is 3.80. The summed E-state index contributed by atoms with van der Waals surface area (Å²) >= 11 is 7.39. The lowest BCUT2D eigenvalue weighted by molar-refractivity contribution is 0.214. The zero-order valence-corrected chi connectivity index (χ0v) is 11.6. The first-order valence-corrected chi connectivity index (χ1v) is 6.56. The fourth-order valence-corrected chi connectivity index (χ4v) is 2.78. The maximum Gasteiger partial charge on any atom is 0.135 e. The number of aliphatic hydroxyl groups excluding tert-OH is 1. The van der Waals surface area contributed by atoms with E-state index < -0.39 is 6.10 Å². The molecule has 0 aliphatic rings. The number of hydrogen-bond acceptors (Lipinski definition) is 4. The van der Waals surface area contributed by atoms with Gasteiger partial charge in [-0.1, -0.05) is 11.6 Å². The van der Waals surface area contributed by atoms with Crippen LogP contribution in [-0.4, -0.2) is 19.3 Å². The van der Waals surface area contributed by atoms with Crippen LogP contribution in [0.4, 0.5) is 0 Å². The Balaban J connectivity index is 2.45. The first kappa shape index (κ1) is 13.2. The first-order valence-electron chi connectivity index (χ1n) is 5.30. The van der Waals surface area contributed by atoms with Crippen LogP contribution in [0.15, 0.2) is 29.6 Å². The second-order valence-corrected chi connectivity index (χ2v) is 5.03. The van der Waals surface area contributed by atoms with Gasteiger partial charge in [0.25, 0.3) is 0 Å². The molecule has 0 fully saturated rings. The van der Waals surface area contributed by atoms with Gasteiger partial charge in [0, 0.05) is 10.6 Å². The Kier molecular flexibility index (Phi) is 4.11. The third kappa shape index (κ3) is 2.46. The molecule has 1 unspecified atom stereocenters. The minimum atomic E-state index is -0.811. The Morgan fingerprint density at radius 3 is 2.56 bits per heavy atom. The Hall–Kier alpha value is -1.23. The molecule has 0 amide bonds. The number of hydrogen-bond donors (Lipinski definition) is 1. The predicted octanol–water partition coefficient (Wildman–Crippen LogP) is 3.50. The van der Waals surface area contributed by atoms with E-state index in [0.717, 1.165) is 4.88 Å². The summed E-state index contributed by atoms with van der Waals surface area (Å²) in [6.07, 6.45) is -0.811. The van der Waals surface area contributed by atoms with Gasteiger partial charge in [-0.3, -0.25) is 0 Å². The Labute approximate surface area is 115 Å². The van der Waals surface area contributed by atoms with Gasteiger partial charge in [-0.05, 0) is 29.6 Å². The lowest BCUT2D eigenvalue weighted by Gasteiger charge is -2.15. The average molecular weight is 285 g/mol. The number of ether oxygens (including phenoxy) is 2. The van der Waals surface area contributed by atoms with Crippen LogP contribution in [0.5, 0.6) is 11.5 Å². The molecule has 0 saturated carbocycles. The van der Waals surface area contributed by atoms with E-state index in [1.807, 2.05) is 11.4 Å². The molecule has 3 nitrogen and oxygen atoms in total. The molecule has 0 bridgehead atoms. The molecule has 0 radical (unpaired) electrons. The van der Waals surface area contributed by atoms with Gasteiger partial charge in [0.2, 0.25) is 0 Å². The van der Waals surface area contributed by atoms with Gasteiger partial charge in [-0.15, -0.1) is 11.3 Å². The van der Waals surface area contributed by atoms with E-state index in [2.05, 4.69) is 0 Å². The summed E-state index contributed by atoms with van der Waals surface area (Å²) in [6.45, 7) is 0. The average Bonchev–Trinajstić information content (AvgIpc) is 2.86. The molecule has 5 heteroatoms. The van der Waals surface area contributed by atoms with Gasteiger partial charge in [-0.25, -0.2) is 0 Å². The molecule has 1 aromatic carbocycles. The van der Waals surface area contributed by atoms with E-state index in [1.165, 1.54) is 11.3 Å². The molecule has 1 aromatic heterocycles. The quantitative estimate of drug-likeness (QED) is 0.934. The molecule has 1 N–H and O–H groups in total. The summed E-state index contributed by atoms with van der Waals surface area (Å²) in [6, 6.07) is 6.98. The Morgan fingerprint density at radius 2 is 1.89 bits per heavy atom. The van der Waals surface area contributed by atoms with Crippen molar-refractivity contribution in [2.75, 3.05) is 14.2 Å². The van der Waals surface area contributed by atoms with E-state index >= 15 is 0 Å². The summed E-state index contributed by atoms with van der Waals surface area (Å²) in [4.78, 5) is 0.734. The molecule has 1 heterocycles. The normalized spacial score (nSPS) is 12.2. The molecule has 1 atom stereocenters. The minimum absolute atomic E-state index is 0.556. The maximum absolute atomic E-state index is 10.4. The van der Waals surface area contributed by atoms with E-state index in [4.69, 9.17) is 21.1 Å². The van der Waals surface area contributed by atoms with Gasteiger partial charge >= 0.3 is 0 Å². The van der Waals surface area contributed by atoms with Crippen molar-refractivity contribution in [3.05, 3.63) is 45.1 Å². The zero-order valence-electron chi connectivity index (χ0n) is 10.0. The van der Waals surface area contributed by atoms with Crippen molar-refractivity contribution in [2.45, 2.75) is 6.10 Å². The van der Waals surface area contributed by atoms with Gasteiger partial charge in [-0.2, -0.15) is 0 Å². The van der Waals surface area contributed by atoms with Crippen molar-refractivity contribution in [2.24, 2.45) is 0 Å². The van der Waals surface area contributed by atoms with Gasteiger partial charge in [0.05, 0.1) is 19.1 Å². The number of aliphatic hydroxyl groups is 1. The number of rotatable bonds is 4. The van der Waals surface area contributed by atoms with Crippen molar-refractivity contribution < 1.29 is 14.6 Å². The molecule has 0 aliphatic carbocycles. The lowest BCUT2D eigenvalue weighted by atomic mass is 10.1. The topological polar surface area (TPSA) is 38.7 Å². The Morgan fingerprint density at radius 1 is 1.17 bits per heavy atom. The van der Waals surface area contributed by atoms with Crippen LogP contribution < -0.4 is 9.47 Å². The van der Waals surface area contributed by atoms with Crippen LogP contribution in [0.1, 0.15) is 16.5 Å². The smallest absolute Gasteiger partial charge is 0.135 e. The van der Waals surface area contributed by atoms with E-state index in [1.54, 1.807) is 32.4 Å². The number of halogens is 1. The summed E-state index contributed by atoms with van der Waals surface area (Å²) in [5.41, 5.74) is 0.630. The van der Waals surface area contributed by atoms with Crippen molar-refractivity contribution >= 4 is 22.9 Å². The maximum atomic E-state index is 10.4. The van der Waals surface area contributed by atoms with Crippen LogP contribution in [0.25, 0.3) is 0 Å². The van der Waals surface area contributed by atoms with E-state index in [-0.39, 0.29) is 0 Å². The monoisotopic (exact) mass is 284 g/mol. The van der Waals surface area contributed by atoms with Crippen LogP contribution in [0, 0.1) is 0 Å². The van der Waals surface area contributed by atoms with Gasteiger partial charge in [0.15, 0.2) is 0 Å². The molecule has 0 aliphatic heterocycles. The molecule has 0 spiro atoms. The molecule has 2 aromatic rings. The summed E-state index contributed by atoms with van der Waals surface area (Å²) in [7, 11) is 3.14. The van der Waals surface area contributed by atoms with E-state index in [9.17, 15) is 5.11 Å². The SMILES string of the molecule is COc1ccc(Cl)cc1C(O)c1sccc1OC. The highest BCUT2D eigenvalue weighted by molar-refractivity contribution is 7.10. The predicted molar refractivity (Wildman–Crippen MR) is 72.9 cm³/mol. The molecule has 18 heavy (non-hydrogen) atoms. The summed E-state index contributed by atoms with van der Waals surface area (Å²) in [5, 5.41) is 12.8. The van der Waals surface area contributed by atoms with Crippen molar-refractivity contribution in [1.29, 1.82) is 0 Å². The standard InChI is InChI=1S/C13H13ClO3S/c1-16-10-4-3-8(14)7-9(10)12(15)13-11(17-2)5-6-18-13/h3-7,12,15H,1-2H3. The number of benzene rings is 1. The fourth-order valence-electron chi connectivity index (χ4n) is 1.74. The molecular formula is C13H13ClO3S. The van der Waals surface area contributed by atoms with Crippen molar-refractivity contribution in [3.8, 4) is 11.5 Å². The van der Waals surface area contributed by atoms with Crippen molar-refractivity contribution in [3.63, 3.8) is 0 Å². The first-order chi connectivity index (χ1) is 8.67. The molecule has 0 saturated heterocycles. The van der Waals surface area contributed by atoms with Crippen molar-refractivity contribution in [1.82, 2.24) is 0 Å². The second kappa shape index (κ2) is 5.61. The molecular weight excluding hydrogens is 272 g/mol. The van der Waals surface area contributed by atoms with Gasteiger partial charge in [0.1, 0.15) is 17.6 Å². The highest BCUT2D eigenvalue weighted by Crippen LogP contribution is 2.38. The van der Waals surface area contributed by atoms with E-state index in [0.29, 0.717) is 22.1 Å². The second-order valence-electron chi connectivity index (χ2n) is 3.64. The Bertz CT molecular complexity index is 539. The third-order valence-electron chi connectivity index (χ3n) is 2.61. The minimum Gasteiger partial charge on any atom is -0.496 e. The summed E-state index contributed by atoms with van der Waals surface area (Å²) < 4.78 is 10.4. The highest BCUT2D eigenvalue weighted by Gasteiger charge is 2.20. The van der Waals surface area contributed by atoms with Crippen LogP contribution in [0.2, 0.25) is 5.02 Å². The molecule has 2 rings (SSSR count). The fraction of sp³-hybridized carbons (Fsp3) is 0.231. The highest BCUT2D eigenvalue weighted by atomic mass is 35.5. The van der Waals surface area contributed by atoms with Crippen LogP contribution in [-0.2, 0) is 0 Å². The largest absolute Gasteiger partial charge is 0.496 e. The van der Waals surface area contributed by atoms with Gasteiger partial charge < -0.3 is 14.6 Å². The zero-order chi connectivity index (χ0) is 13.1. The number of methoxy groups -OCH3 is 2. The summed E-state index contributed by atoms with van der Waals surface area (Å²) in [5.74, 6) is 1.26. The molecule has 96 valence electrons. The lowest BCUT2D eigenvalue weighted by Crippen LogP contribution is -2.02. The van der Waals surface area contributed by atoms with Crippen LogP contribution in [0.3, 0.4) is 0 Å².